The molecule has 0 atom stereocenters. The van der Waals surface area contributed by atoms with Gasteiger partial charge in [-0.25, -0.2) is 0 Å². The molecular weight excluding hydrogens is 833 g/mol. The summed E-state index contributed by atoms with van der Waals surface area (Å²) in [7, 11) is 0. The fraction of sp³-hybridized carbons (Fsp3) is 0.216. The summed E-state index contributed by atoms with van der Waals surface area (Å²) in [5.41, 5.74) is 17.9. The summed E-state index contributed by atoms with van der Waals surface area (Å²) in [6, 6.07) is 55.4. The number of aryl methyl sites for hydroxylation is 4. The molecular formula is C51H46IrN2-2. The third kappa shape index (κ3) is 8.39. The maximum Gasteiger partial charge on any atom is 0.0266 e. The normalized spacial score (nSPS) is 13.6. The van der Waals surface area contributed by atoms with E-state index in [0.717, 1.165) is 46.6 Å². The van der Waals surface area contributed by atoms with Crippen LogP contribution in [0.1, 0.15) is 67.0 Å². The molecule has 2 aromatic heterocycles. The molecule has 271 valence electrons. The number of rotatable bonds is 9. The SMILES string of the molecule is Cc1cc(CCc2c[c-]c(-c3cccc(C)n3)cc2)cc(-c2ccccc2-c2c[c-]c(-c3cc(-c4ccc(C5(C)CCCCC5)cc4)ccn3)cc2)c1.[Ir]. The van der Waals surface area contributed by atoms with Gasteiger partial charge in [-0.2, -0.15) is 0 Å². The van der Waals surface area contributed by atoms with Crippen LogP contribution in [0.5, 0.6) is 0 Å². The molecule has 54 heavy (non-hydrogen) atoms. The molecule has 0 aliphatic heterocycles. The van der Waals surface area contributed by atoms with Crippen molar-refractivity contribution in [2.45, 2.75) is 71.1 Å². The monoisotopic (exact) mass is 879 g/mol. The molecule has 1 fully saturated rings. The summed E-state index contributed by atoms with van der Waals surface area (Å²) in [6.45, 7) is 6.66. The van der Waals surface area contributed by atoms with Gasteiger partial charge in [-0.05, 0) is 95.4 Å². The molecule has 0 N–H and O–H groups in total. The summed E-state index contributed by atoms with van der Waals surface area (Å²) < 4.78 is 0. The Hall–Kier alpha value is -4.95. The Bertz CT molecular complexity index is 2330. The maximum atomic E-state index is 4.75. The molecule has 3 heteroatoms. The van der Waals surface area contributed by atoms with Gasteiger partial charge in [-0.15, -0.1) is 65.2 Å². The van der Waals surface area contributed by atoms with Crippen LogP contribution in [0.3, 0.4) is 0 Å². The van der Waals surface area contributed by atoms with Crippen LogP contribution in [-0.4, -0.2) is 9.97 Å². The summed E-state index contributed by atoms with van der Waals surface area (Å²) in [5.74, 6) is 0. The molecule has 8 rings (SSSR count). The first-order chi connectivity index (χ1) is 25.9. The van der Waals surface area contributed by atoms with Crippen LogP contribution in [0.4, 0.5) is 0 Å². The number of hydrogen-bond acceptors (Lipinski definition) is 2. The molecule has 1 radical (unpaired) electrons. The molecule has 1 aliphatic carbocycles. The van der Waals surface area contributed by atoms with Crippen LogP contribution in [0, 0.1) is 26.0 Å². The average molecular weight is 879 g/mol. The zero-order chi connectivity index (χ0) is 36.2. The van der Waals surface area contributed by atoms with Gasteiger partial charge in [0.25, 0.3) is 0 Å². The van der Waals surface area contributed by atoms with Crippen molar-refractivity contribution in [1.29, 1.82) is 0 Å². The molecule has 1 aliphatic rings. The average Bonchev–Trinajstić information content (AvgIpc) is 3.20. The van der Waals surface area contributed by atoms with Crippen LogP contribution in [0.15, 0.2) is 140 Å². The van der Waals surface area contributed by atoms with Gasteiger partial charge in [-0.3, -0.25) is 0 Å². The minimum atomic E-state index is 0. The van der Waals surface area contributed by atoms with E-state index in [-0.39, 0.29) is 20.1 Å². The minimum absolute atomic E-state index is 0. The van der Waals surface area contributed by atoms with Crippen LogP contribution < -0.4 is 0 Å². The number of benzene rings is 5. The van der Waals surface area contributed by atoms with E-state index in [1.165, 1.54) is 82.2 Å². The topological polar surface area (TPSA) is 25.8 Å². The first kappa shape index (κ1) is 37.4. The van der Waals surface area contributed by atoms with Crippen molar-refractivity contribution in [3.8, 4) is 55.9 Å². The zero-order valence-electron chi connectivity index (χ0n) is 31.5. The van der Waals surface area contributed by atoms with Crippen LogP contribution >= 0.6 is 0 Å². The number of pyridine rings is 2. The third-order valence-corrected chi connectivity index (χ3v) is 11.2. The van der Waals surface area contributed by atoms with Crippen LogP contribution in [0.25, 0.3) is 55.9 Å². The number of aromatic nitrogens is 2. The van der Waals surface area contributed by atoms with Crippen molar-refractivity contribution < 1.29 is 20.1 Å². The maximum absolute atomic E-state index is 4.75. The predicted octanol–water partition coefficient (Wildman–Crippen LogP) is 13.0. The van der Waals surface area contributed by atoms with E-state index in [1.807, 2.05) is 25.3 Å². The number of nitrogens with zero attached hydrogens (tertiary/aromatic N) is 2. The van der Waals surface area contributed by atoms with Gasteiger partial charge in [-0.1, -0.05) is 134 Å². The smallest absolute Gasteiger partial charge is 0.0266 e. The molecule has 2 heterocycles. The molecule has 0 amide bonds. The van der Waals surface area contributed by atoms with Gasteiger partial charge >= 0.3 is 0 Å². The fourth-order valence-corrected chi connectivity index (χ4v) is 8.10. The van der Waals surface area contributed by atoms with Crippen molar-refractivity contribution >= 4 is 0 Å². The van der Waals surface area contributed by atoms with Gasteiger partial charge in [0.2, 0.25) is 0 Å². The van der Waals surface area contributed by atoms with E-state index >= 15 is 0 Å². The minimum Gasteiger partial charge on any atom is -0.305 e. The standard InChI is InChI=1S/C51H46N2.Ir/c1-36-32-39(15-14-38-16-18-42(19-17-38)49-13-9-10-37(2)53-49)34-45(33-36)48-12-6-5-11-47(48)41-20-22-43(23-21-41)50-35-44(28-31-52-50)40-24-26-46(27-25-40)51(3)29-7-4-8-30-51;/h5-6,9-13,16-18,20-22,24-28,31-35H,4,7-8,14-15,29-30H2,1-3H3;/q-2;. The largest absolute Gasteiger partial charge is 0.305 e. The first-order valence-corrected chi connectivity index (χ1v) is 19.1. The summed E-state index contributed by atoms with van der Waals surface area (Å²) in [5, 5.41) is 0. The van der Waals surface area contributed by atoms with E-state index in [1.54, 1.807) is 0 Å². The third-order valence-electron chi connectivity index (χ3n) is 11.2. The molecule has 2 nitrogen and oxygen atoms in total. The fourth-order valence-electron chi connectivity index (χ4n) is 8.10. The Labute approximate surface area is 335 Å². The molecule has 0 bridgehead atoms. The zero-order valence-corrected chi connectivity index (χ0v) is 33.9. The molecule has 0 spiro atoms. The van der Waals surface area contributed by atoms with Crippen molar-refractivity contribution in [3.05, 3.63) is 180 Å². The Kier molecular flexibility index (Phi) is 11.5. The molecule has 5 aromatic carbocycles. The van der Waals surface area contributed by atoms with Crippen molar-refractivity contribution in [3.63, 3.8) is 0 Å². The molecule has 7 aromatic rings. The molecule has 0 unspecified atom stereocenters. The van der Waals surface area contributed by atoms with Gasteiger partial charge in [0, 0.05) is 32.0 Å². The first-order valence-electron chi connectivity index (χ1n) is 19.1. The van der Waals surface area contributed by atoms with Gasteiger partial charge < -0.3 is 9.97 Å². The van der Waals surface area contributed by atoms with Crippen molar-refractivity contribution in [1.82, 2.24) is 9.97 Å². The van der Waals surface area contributed by atoms with Gasteiger partial charge in [0.1, 0.15) is 0 Å². The van der Waals surface area contributed by atoms with Crippen LogP contribution in [-0.2, 0) is 38.4 Å². The van der Waals surface area contributed by atoms with E-state index in [4.69, 9.17) is 4.98 Å². The van der Waals surface area contributed by atoms with Gasteiger partial charge in [0.15, 0.2) is 0 Å². The second-order valence-electron chi connectivity index (χ2n) is 15.1. The van der Waals surface area contributed by atoms with E-state index in [2.05, 4.69) is 152 Å². The quantitative estimate of drug-likeness (QED) is 0.135. The van der Waals surface area contributed by atoms with Crippen molar-refractivity contribution in [2.75, 3.05) is 0 Å². The number of hydrogen-bond donors (Lipinski definition) is 0. The van der Waals surface area contributed by atoms with E-state index in [0.29, 0.717) is 5.41 Å². The summed E-state index contributed by atoms with van der Waals surface area (Å²) in [6.07, 6.45) is 10.5. The van der Waals surface area contributed by atoms with Crippen LogP contribution in [0.2, 0.25) is 0 Å². The molecule has 0 saturated heterocycles. The Morgan fingerprint density at radius 3 is 2.00 bits per heavy atom. The van der Waals surface area contributed by atoms with E-state index < -0.39 is 0 Å². The summed E-state index contributed by atoms with van der Waals surface area (Å²) >= 11 is 0. The Morgan fingerprint density at radius 2 is 1.28 bits per heavy atom. The Morgan fingerprint density at radius 1 is 0.574 bits per heavy atom. The van der Waals surface area contributed by atoms with Crippen molar-refractivity contribution in [2.24, 2.45) is 0 Å². The van der Waals surface area contributed by atoms with E-state index in [9.17, 15) is 0 Å². The van der Waals surface area contributed by atoms with Gasteiger partial charge in [0.05, 0.1) is 0 Å². The second-order valence-corrected chi connectivity index (χ2v) is 15.1. The Balaban J connectivity index is 0.00000450. The summed E-state index contributed by atoms with van der Waals surface area (Å²) in [4.78, 5) is 9.40. The predicted molar refractivity (Wildman–Crippen MR) is 221 cm³/mol. The second kappa shape index (κ2) is 16.6. The molecule has 1 saturated carbocycles.